The van der Waals surface area contributed by atoms with Gasteiger partial charge in [-0.2, -0.15) is 4.31 Å². The maximum atomic E-state index is 13.5. The third kappa shape index (κ3) is 4.49. The molecule has 0 unspecified atom stereocenters. The van der Waals surface area contributed by atoms with Crippen LogP contribution in [0.15, 0.2) is 41.3 Å². The maximum Gasteiger partial charge on any atom is 0.244 e. The van der Waals surface area contributed by atoms with Crippen LogP contribution in [0.5, 0.6) is 0 Å². The summed E-state index contributed by atoms with van der Waals surface area (Å²) in [4.78, 5) is 12.6. The average molecular weight is 445 g/mol. The Bertz CT molecular complexity index is 1010. The van der Waals surface area contributed by atoms with Crippen molar-refractivity contribution < 1.29 is 17.6 Å². The lowest BCUT2D eigenvalue weighted by Gasteiger charge is -2.31. The first-order valence-corrected chi connectivity index (χ1v) is 10.9. The highest BCUT2D eigenvalue weighted by molar-refractivity contribution is 7.89. The number of nitrogens with one attached hydrogen (secondary N) is 1. The summed E-state index contributed by atoms with van der Waals surface area (Å²) in [6.45, 7) is 2.06. The molecule has 2 aromatic rings. The number of nitrogens with zero attached hydrogens (tertiary/aromatic N) is 1. The molecule has 1 saturated heterocycles. The predicted octanol–water partition coefficient (Wildman–Crippen LogP) is 4.48. The topological polar surface area (TPSA) is 66.5 Å². The van der Waals surface area contributed by atoms with Gasteiger partial charge < -0.3 is 5.32 Å². The number of carbonyl (C=O) groups excluding carboxylic acids is 1. The molecule has 0 aromatic heterocycles. The van der Waals surface area contributed by atoms with Crippen LogP contribution in [0.2, 0.25) is 10.0 Å². The molecule has 1 N–H and O–H groups in total. The molecule has 3 rings (SSSR count). The molecule has 1 aliphatic rings. The number of aryl methyl sites for hydroxylation is 1. The van der Waals surface area contributed by atoms with E-state index in [2.05, 4.69) is 5.32 Å². The Morgan fingerprint density at radius 2 is 1.96 bits per heavy atom. The Balaban J connectivity index is 1.79. The standard InChI is InChI=1S/C19H19Cl2FN2O3S/c1-12-4-6-15(22)10-17(12)23-19(25)13-3-2-8-24(11-13)28(26,27)18-9-14(20)5-7-16(18)21/h4-7,9-10,13H,2-3,8,11H2,1H3,(H,23,25)/t13-/m0/s1. The molecule has 9 heteroatoms. The van der Waals surface area contributed by atoms with Gasteiger partial charge in [0.25, 0.3) is 0 Å². The van der Waals surface area contributed by atoms with E-state index in [1.807, 2.05) is 0 Å². The predicted molar refractivity (Wildman–Crippen MR) is 108 cm³/mol. The second kappa shape index (κ2) is 8.37. The fourth-order valence-corrected chi connectivity index (χ4v) is 5.41. The fourth-order valence-electron chi connectivity index (χ4n) is 3.15. The van der Waals surface area contributed by atoms with Gasteiger partial charge in [0.05, 0.1) is 10.9 Å². The van der Waals surface area contributed by atoms with E-state index >= 15 is 0 Å². The Labute approximate surface area is 173 Å². The molecule has 1 fully saturated rings. The lowest BCUT2D eigenvalue weighted by Crippen LogP contribution is -2.43. The quantitative estimate of drug-likeness (QED) is 0.755. The van der Waals surface area contributed by atoms with Gasteiger partial charge in [-0.05, 0) is 55.7 Å². The third-order valence-electron chi connectivity index (χ3n) is 4.72. The minimum absolute atomic E-state index is 0.0192. The van der Waals surface area contributed by atoms with Gasteiger partial charge in [-0.25, -0.2) is 12.8 Å². The second-order valence-electron chi connectivity index (χ2n) is 6.73. The number of anilines is 1. The van der Waals surface area contributed by atoms with E-state index in [4.69, 9.17) is 23.2 Å². The van der Waals surface area contributed by atoms with Crippen molar-refractivity contribution in [2.24, 2.45) is 5.92 Å². The van der Waals surface area contributed by atoms with Crippen LogP contribution in [0.1, 0.15) is 18.4 Å². The van der Waals surface area contributed by atoms with Crippen LogP contribution in [0, 0.1) is 18.7 Å². The van der Waals surface area contributed by atoms with Crippen molar-refractivity contribution in [2.45, 2.75) is 24.7 Å². The lowest BCUT2D eigenvalue weighted by atomic mass is 9.98. The Hall–Kier alpha value is -1.67. The minimum atomic E-state index is -3.89. The molecule has 28 heavy (non-hydrogen) atoms. The van der Waals surface area contributed by atoms with Crippen molar-refractivity contribution in [2.75, 3.05) is 18.4 Å². The van der Waals surface area contributed by atoms with Crippen molar-refractivity contribution in [1.29, 1.82) is 0 Å². The summed E-state index contributed by atoms with van der Waals surface area (Å²) in [5, 5.41) is 3.04. The van der Waals surface area contributed by atoms with Crippen LogP contribution >= 0.6 is 23.2 Å². The van der Waals surface area contributed by atoms with E-state index in [9.17, 15) is 17.6 Å². The van der Waals surface area contributed by atoms with Gasteiger partial charge in [0.15, 0.2) is 0 Å². The SMILES string of the molecule is Cc1ccc(F)cc1NC(=O)[C@H]1CCCN(S(=O)(=O)c2cc(Cl)ccc2Cl)C1. The van der Waals surface area contributed by atoms with Crippen LogP contribution in [-0.2, 0) is 14.8 Å². The molecule has 1 amide bonds. The molecule has 1 heterocycles. The van der Waals surface area contributed by atoms with E-state index in [-0.39, 0.29) is 33.9 Å². The van der Waals surface area contributed by atoms with Crippen LogP contribution in [0.25, 0.3) is 0 Å². The first kappa shape index (κ1) is 21.0. The Morgan fingerprint density at radius 1 is 1.21 bits per heavy atom. The number of hydrogen-bond acceptors (Lipinski definition) is 3. The van der Waals surface area contributed by atoms with Crippen LogP contribution in [-0.4, -0.2) is 31.7 Å². The van der Waals surface area contributed by atoms with Crippen molar-refractivity contribution in [3.63, 3.8) is 0 Å². The van der Waals surface area contributed by atoms with Gasteiger partial charge in [0.2, 0.25) is 15.9 Å². The van der Waals surface area contributed by atoms with Crippen LogP contribution < -0.4 is 5.32 Å². The number of halogens is 3. The molecule has 1 atom stereocenters. The van der Waals surface area contributed by atoms with Crippen LogP contribution in [0.3, 0.4) is 0 Å². The molecule has 0 bridgehead atoms. The molecule has 0 spiro atoms. The number of sulfonamides is 1. The highest BCUT2D eigenvalue weighted by atomic mass is 35.5. The average Bonchev–Trinajstić information content (AvgIpc) is 2.66. The largest absolute Gasteiger partial charge is 0.325 e. The van der Waals surface area contributed by atoms with Gasteiger partial charge in [-0.1, -0.05) is 29.3 Å². The molecule has 0 aliphatic carbocycles. The van der Waals surface area contributed by atoms with Crippen molar-refractivity contribution >= 4 is 44.8 Å². The third-order valence-corrected chi connectivity index (χ3v) is 7.31. The van der Waals surface area contributed by atoms with Crippen LogP contribution in [0.4, 0.5) is 10.1 Å². The molecule has 2 aromatic carbocycles. The molecule has 0 radical (unpaired) electrons. The summed E-state index contributed by atoms with van der Waals surface area (Å²) in [5.74, 6) is -1.35. The van der Waals surface area contributed by atoms with Gasteiger partial charge in [-0.15, -0.1) is 0 Å². The number of piperidine rings is 1. The summed E-state index contributed by atoms with van der Waals surface area (Å²) < 4.78 is 40.7. The first-order valence-electron chi connectivity index (χ1n) is 8.70. The van der Waals surface area contributed by atoms with E-state index in [0.29, 0.717) is 18.5 Å². The summed E-state index contributed by atoms with van der Waals surface area (Å²) >= 11 is 12.0. The highest BCUT2D eigenvalue weighted by Gasteiger charge is 2.34. The van der Waals surface area contributed by atoms with E-state index < -0.39 is 21.8 Å². The van der Waals surface area contributed by atoms with E-state index in [1.54, 1.807) is 13.0 Å². The maximum absolute atomic E-state index is 13.5. The Morgan fingerprint density at radius 3 is 2.71 bits per heavy atom. The molecular formula is C19H19Cl2FN2O3S. The monoisotopic (exact) mass is 444 g/mol. The number of benzene rings is 2. The zero-order valence-corrected chi connectivity index (χ0v) is 17.4. The zero-order valence-electron chi connectivity index (χ0n) is 15.1. The van der Waals surface area contributed by atoms with Gasteiger partial charge in [0, 0.05) is 23.8 Å². The summed E-state index contributed by atoms with van der Waals surface area (Å²) in [7, 11) is -3.89. The number of rotatable bonds is 4. The summed E-state index contributed by atoms with van der Waals surface area (Å²) in [6.07, 6.45) is 1.06. The second-order valence-corrected chi connectivity index (χ2v) is 9.48. The van der Waals surface area contributed by atoms with Crippen molar-refractivity contribution in [3.05, 3.63) is 57.8 Å². The van der Waals surface area contributed by atoms with E-state index in [0.717, 1.165) is 5.56 Å². The van der Waals surface area contributed by atoms with Crippen molar-refractivity contribution in [3.8, 4) is 0 Å². The van der Waals surface area contributed by atoms with Gasteiger partial charge in [0.1, 0.15) is 10.7 Å². The highest BCUT2D eigenvalue weighted by Crippen LogP contribution is 2.31. The first-order chi connectivity index (χ1) is 13.2. The molecular weight excluding hydrogens is 426 g/mol. The summed E-state index contributed by atoms with van der Waals surface area (Å²) in [5.41, 5.74) is 1.10. The minimum Gasteiger partial charge on any atom is -0.325 e. The van der Waals surface area contributed by atoms with Gasteiger partial charge >= 0.3 is 0 Å². The summed E-state index contributed by atoms with van der Waals surface area (Å²) in [6, 6.07) is 8.38. The molecule has 5 nitrogen and oxygen atoms in total. The number of amides is 1. The Kier molecular flexibility index (Phi) is 6.29. The zero-order chi connectivity index (χ0) is 20.5. The molecule has 0 saturated carbocycles. The fraction of sp³-hybridized carbons (Fsp3) is 0.316. The normalized spacial score (nSPS) is 18.1. The number of hydrogen-bond donors (Lipinski definition) is 1. The molecule has 150 valence electrons. The van der Waals surface area contributed by atoms with E-state index in [1.165, 1.54) is 34.6 Å². The van der Waals surface area contributed by atoms with Crippen molar-refractivity contribution in [1.82, 2.24) is 4.31 Å². The number of carbonyl (C=O) groups is 1. The molecule has 1 aliphatic heterocycles. The smallest absolute Gasteiger partial charge is 0.244 e. The lowest BCUT2D eigenvalue weighted by molar-refractivity contribution is -0.120. The van der Waals surface area contributed by atoms with Gasteiger partial charge in [-0.3, -0.25) is 4.79 Å².